The zero-order chi connectivity index (χ0) is 8.36. The van der Waals surface area contributed by atoms with Crippen molar-refractivity contribution in [3.05, 3.63) is 0 Å². The molecule has 0 bridgehead atoms. The van der Waals surface area contributed by atoms with Gasteiger partial charge in [-0.3, -0.25) is 0 Å². The summed E-state index contributed by atoms with van der Waals surface area (Å²) in [6.07, 6.45) is 0.901. The molecule has 0 atom stereocenters. The van der Waals surface area contributed by atoms with Gasteiger partial charge in [0, 0.05) is 19.0 Å². The highest BCUT2D eigenvalue weighted by Crippen LogP contribution is 1.85. The van der Waals surface area contributed by atoms with Crippen LogP contribution < -0.4 is 5.73 Å². The Kier molecular flexibility index (Phi) is 10.3. The smallest absolute Gasteiger partial charge is 0.0701 e. The van der Waals surface area contributed by atoms with E-state index in [2.05, 4.69) is 0 Å². The van der Waals surface area contributed by atoms with E-state index in [9.17, 15) is 0 Å². The number of hydrogen-bond acceptors (Lipinski definition) is 3. The van der Waals surface area contributed by atoms with E-state index in [1.165, 1.54) is 0 Å². The predicted octanol–water partition coefficient (Wildman–Crippen LogP) is 0.607. The first kappa shape index (κ1) is 11.2. The fraction of sp³-hybridized carbons (Fsp3) is 1.00. The van der Waals surface area contributed by atoms with Crippen molar-refractivity contribution in [3.8, 4) is 0 Å². The highest BCUT2D eigenvalue weighted by molar-refractivity contribution is 6.17. The first-order valence-electron chi connectivity index (χ1n) is 3.83. The first-order chi connectivity index (χ1) is 5.41. The lowest BCUT2D eigenvalue weighted by atomic mass is 10.5. The Balaban J connectivity index is 2.69. The molecule has 0 rings (SSSR count). The molecule has 0 heterocycles. The number of hydrogen-bond donors (Lipinski definition) is 1. The molecule has 0 aliphatic carbocycles. The quantitative estimate of drug-likeness (QED) is 0.441. The van der Waals surface area contributed by atoms with Gasteiger partial charge in [0.2, 0.25) is 0 Å². The van der Waals surface area contributed by atoms with Crippen molar-refractivity contribution in [1.82, 2.24) is 0 Å². The highest BCUT2D eigenvalue weighted by Gasteiger charge is 1.87. The molecular weight excluding hydrogens is 166 g/mol. The van der Waals surface area contributed by atoms with Crippen molar-refractivity contribution in [2.24, 2.45) is 5.73 Å². The van der Waals surface area contributed by atoms with Gasteiger partial charge in [-0.15, -0.1) is 11.6 Å². The molecule has 0 amide bonds. The van der Waals surface area contributed by atoms with Crippen LogP contribution in [0.2, 0.25) is 0 Å². The van der Waals surface area contributed by atoms with Crippen LogP contribution in [0.5, 0.6) is 0 Å². The van der Waals surface area contributed by atoms with Gasteiger partial charge in [0.15, 0.2) is 0 Å². The van der Waals surface area contributed by atoms with E-state index >= 15 is 0 Å². The number of rotatable bonds is 8. The second-order valence-corrected chi connectivity index (χ2v) is 2.43. The van der Waals surface area contributed by atoms with Crippen molar-refractivity contribution in [3.63, 3.8) is 0 Å². The van der Waals surface area contributed by atoms with Gasteiger partial charge in [0.25, 0.3) is 0 Å². The standard InChI is InChI=1S/C7H16ClNO2/c8-2-1-4-10-6-7-11-5-3-9/h1-7,9H2. The van der Waals surface area contributed by atoms with E-state index in [0.29, 0.717) is 32.2 Å². The van der Waals surface area contributed by atoms with E-state index in [4.69, 9.17) is 26.8 Å². The fourth-order valence-electron chi connectivity index (χ4n) is 0.562. The average molecular weight is 182 g/mol. The normalized spacial score (nSPS) is 10.4. The summed E-state index contributed by atoms with van der Waals surface area (Å²) in [6, 6.07) is 0. The van der Waals surface area contributed by atoms with E-state index < -0.39 is 0 Å². The Labute approximate surface area is 72.8 Å². The summed E-state index contributed by atoms with van der Waals surface area (Å²) >= 11 is 5.44. The summed E-state index contributed by atoms with van der Waals surface area (Å²) in [5.41, 5.74) is 5.21. The molecule has 0 aliphatic rings. The van der Waals surface area contributed by atoms with Gasteiger partial charge in [-0.25, -0.2) is 0 Å². The molecule has 0 aromatic heterocycles. The minimum atomic E-state index is 0.571. The lowest BCUT2D eigenvalue weighted by molar-refractivity contribution is 0.0512. The number of ether oxygens (including phenoxy) is 2. The second-order valence-electron chi connectivity index (χ2n) is 2.06. The van der Waals surface area contributed by atoms with Gasteiger partial charge in [-0.1, -0.05) is 0 Å². The Morgan fingerprint density at radius 3 is 2.18 bits per heavy atom. The third-order valence-corrected chi connectivity index (χ3v) is 1.32. The van der Waals surface area contributed by atoms with Crippen LogP contribution in [0.1, 0.15) is 6.42 Å². The van der Waals surface area contributed by atoms with Gasteiger partial charge in [-0.05, 0) is 6.42 Å². The molecule has 0 spiro atoms. The Bertz CT molecular complexity index is 65.5. The van der Waals surface area contributed by atoms with Crippen LogP contribution in [0, 0.1) is 0 Å². The lowest BCUT2D eigenvalue weighted by Crippen LogP contribution is -2.12. The lowest BCUT2D eigenvalue weighted by Gasteiger charge is -2.02. The molecule has 4 heteroatoms. The average Bonchev–Trinajstić information content (AvgIpc) is 2.03. The van der Waals surface area contributed by atoms with Crippen molar-refractivity contribution in [2.45, 2.75) is 6.42 Å². The van der Waals surface area contributed by atoms with Crippen LogP contribution in [0.4, 0.5) is 0 Å². The van der Waals surface area contributed by atoms with Crippen LogP contribution in [-0.4, -0.2) is 38.9 Å². The van der Waals surface area contributed by atoms with Crippen LogP contribution in [-0.2, 0) is 9.47 Å². The summed E-state index contributed by atoms with van der Waals surface area (Å²) in [4.78, 5) is 0. The third-order valence-electron chi connectivity index (χ3n) is 1.06. The number of alkyl halides is 1. The molecule has 0 aromatic carbocycles. The van der Waals surface area contributed by atoms with E-state index in [-0.39, 0.29) is 0 Å². The molecule has 0 radical (unpaired) electrons. The summed E-state index contributed by atoms with van der Waals surface area (Å²) in [7, 11) is 0. The van der Waals surface area contributed by atoms with E-state index in [1.54, 1.807) is 0 Å². The summed E-state index contributed by atoms with van der Waals surface area (Å²) < 4.78 is 10.3. The summed E-state index contributed by atoms with van der Waals surface area (Å²) in [5, 5.41) is 0. The molecule has 11 heavy (non-hydrogen) atoms. The van der Waals surface area contributed by atoms with E-state index in [1.807, 2.05) is 0 Å². The van der Waals surface area contributed by atoms with Crippen molar-refractivity contribution in [1.29, 1.82) is 0 Å². The number of nitrogens with two attached hydrogens (primary N) is 1. The molecule has 0 saturated carbocycles. The van der Waals surface area contributed by atoms with Gasteiger partial charge in [-0.2, -0.15) is 0 Å². The molecule has 0 fully saturated rings. The van der Waals surface area contributed by atoms with Gasteiger partial charge in [0.1, 0.15) is 0 Å². The van der Waals surface area contributed by atoms with Gasteiger partial charge in [0.05, 0.1) is 19.8 Å². The van der Waals surface area contributed by atoms with E-state index in [0.717, 1.165) is 13.0 Å². The highest BCUT2D eigenvalue weighted by atomic mass is 35.5. The molecule has 0 saturated heterocycles. The molecule has 68 valence electrons. The number of halogens is 1. The second kappa shape index (κ2) is 10.2. The molecule has 0 aromatic rings. The maximum Gasteiger partial charge on any atom is 0.0701 e. The van der Waals surface area contributed by atoms with Crippen molar-refractivity contribution >= 4 is 11.6 Å². The maximum absolute atomic E-state index is 5.44. The Morgan fingerprint density at radius 1 is 1.00 bits per heavy atom. The predicted molar refractivity (Wildman–Crippen MR) is 46.0 cm³/mol. The monoisotopic (exact) mass is 181 g/mol. The molecule has 2 N–H and O–H groups in total. The Hall–Kier alpha value is 0.170. The maximum atomic E-state index is 5.44. The molecule has 3 nitrogen and oxygen atoms in total. The molecule has 0 unspecified atom stereocenters. The van der Waals surface area contributed by atoms with Gasteiger partial charge >= 0.3 is 0 Å². The topological polar surface area (TPSA) is 44.5 Å². The zero-order valence-electron chi connectivity index (χ0n) is 6.72. The molecular formula is C7H16ClNO2. The van der Waals surface area contributed by atoms with Crippen molar-refractivity contribution < 1.29 is 9.47 Å². The van der Waals surface area contributed by atoms with Crippen molar-refractivity contribution in [2.75, 3.05) is 38.9 Å². The molecule has 0 aliphatic heterocycles. The fourth-order valence-corrected chi connectivity index (χ4v) is 0.671. The van der Waals surface area contributed by atoms with Crippen LogP contribution >= 0.6 is 11.6 Å². The minimum Gasteiger partial charge on any atom is -0.379 e. The third kappa shape index (κ3) is 10.2. The van der Waals surface area contributed by atoms with Crippen LogP contribution in [0.3, 0.4) is 0 Å². The first-order valence-corrected chi connectivity index (χ1v) is 4.36. The summed E-state index contributed by atoms with van der Waals surface area (Å²) in [6.45, 7) is 3.16. The van der Waals surface area contributed by atoms with Crippen LogP contribution in [0.15, 0.2) is 0 Å². The zero-order valence-corrected chi connectivity index (χ0v) is 7.48. The Morgan fingerprint density at radius 2 is 1.64 bits per heavy atom. The minimum absolute atomic E-state index is 0.571. The SMILES string of the molecule is NCCOCCOCCCCl. The van der Waals surface area contributed by atoms with Crippen LogP contribution in [0.25, 0.3) is 0 Å². The largest absolute Gasteiger partial charge is 0.379 e. The summed E-state index contributed by atoms with van der Waals surface area (Å²) in [5.74, 6) is 0.656. The van der Waals surface area contributed by atoms with Gasteiger partial charge < -0.3 is 15.2 Å².